The van der Waals surface area contributed by atoms with Gasteiger partial charge >= 0.3 is 0 Å². The van der Waals surface area contributed by atoms with Crippen molar-refractivity contribution in [2.75, 3.05) is 36.5 Å². The van der Waals surface area contributed by atoms with Crippen LogP contribution < -0.4 is 10.2 Å². The highest BCUT2D eigenvalue weighted by Gasteiger charge is 2.12. The molecule has 0 bridgehead atoms. The number of ether oxygens (including phenoxy) is 1. The SMILES string of the molecule is [2H]c1nc(Nc2cccc(N3CCOCC3)c2)nc2[nH]cc(Cl)c12. The van der Waals surface area contributed by atoms with Crippen LogP contribution in [0.25, 0.3) is 11.0 Å². The second kappa shape index (κ2) is 6.06. The molecule has 0 atom stereocenters. The largest absolute Gasteiger partial charge is 0.378 e. The zero-order valence-corrected chi connectivity index (χ0v) is 13.1. The van der Waals surface area contributed by atoms with E-state index in [1.165, 1.54) is 0 Å². The first kappa shape index (κ1) is 13.2. The molecule has 0 aliphatic carbocycles. The number of aromatic amines is 1. The molecule has 7 heteroatoms. The lowest BCUT2D eigenvalue weighted by atomic mass is 10.2. The Morgan fingerprint density at radius 3 is 3.09 bits per heavy atom. The van der Waals surface area contributed by atoms with Gasteiger partial charge in [0.25, 0.3) is 0 Å². The van der Waals surface area contributed by atoms with Crippen LogP contribution in [0.3, 0.4) is 0 Å². The van der Waals surface area contributed by atoms with Crippen LogP contribution in [-0.2, 0) is 4.74 Å². The average molecular weight is 331 g/mol. The molecule has 1 fully saturated rings. The Morgan fingerprint density at radius 1 is 1.35 bits per heavy atom. The summed E-state index contributed by atoms with van der Waals surface area (Å²) >= 11 is 6.03. The van der Waals surface area contributed by atoms with Crippen molar-refractivity contribution < 1.29 is 6.11 Å². The van der Waals surface area contributed by atoms with Crippen LogP contribution in [-0.4, -0.2) is 41.3 Å². The topological polar surface area (TPSA) is 66.1 Å². The van der Waals surface area contributed by atoms with Gasteiger partial charge in [0.2, 0.25) is 5.95 Å². The highest BCUT2D eigenvalue weighted by Crippen LogP contribution is 2.24. The third-order valence-corrected chi connectivity index (χ3v) is 4.08. The maximum absolute atomic E-state index is 8.01. The Morgan fingerprint density at radius 2 is 2.22 bits per heavy atom. The van der Waals surface area contributed by atoms with Gasteiger partial charge in [-0.25, -0.2) is 4.98 Å². The highest BCUT2D eigenvalue weighted by molar-refractivity contribution is 6.35. The third kappa shape index (κ3) is 2.95. The number of aromatic nitrogens is 3. The van der Waals surface area contributed by atoms with E-state index in [1.54, 1.807) is 6.20 Å². The molecular weight excluding hydrogens is 314 g/mol. The van der Waals surface area contributed by atoms with Gasteiger partial charge in [-0.3, -0.25) is 0 Å². The molecule has 1 aliphatic heterocycles. The van der Waals surface area contributed by atoms with E-state index in [4.69, 9.17) is 17.7 Å². The number of hydrogen-bond acceptors (Lipinski definition) is 5. The van der Waals surface area contributed by atoms with Gasteiger partial charge in [-0.05, 0) is 18.2 Å². The number of nitrogens with one attached hydrogen (secondary N) is 2. The Balaban J connectivity index is 1.61. The summed E-state index contributed by atoms with van der Waals surface area (Å²) in [4.78, 5) is 13.8. The van der Waals surface area contributed by atoms with Crippen LogP contribution >= 0.6 is 11.6 Å². The summed E-state index contributed by atoms with van der Waals surface area (Å²) < 4.78 is 13.4. The summed E-state index contributed by atoms with van der Waals surface area (Å²) in [7, 11) is 0. The van der Waals surface area contributed by atoms with Gasteiger partial charge in [0.15, 0.2) is 0 Å². The monoisotopic (exact) mass is 330 g/mol. The minimum Gasteiger partial charge on any atom is -0.378 e. The summed E-state index contributed by atoms with van der Waals surface area (Å²) in [5, 5.41) is 4.15. The molecule has 3 heterocycles. The van der Waals surface area contributed by atoms with Crippen LogP contribution in [0.2, 0.25) is 5.02 Å². The van der Waals surface area contributed by atoms with Crippen LogP contribution in [0.5, 0.6) is 0 Å². The minimum atomic E-state index is 0.0954. The van der Waals surface area contributed by atoms with Crippen LogP contribution in [0.4, 0.5) is 17.3 Å². The van der Waals surface area contributed by atoms with Gasteiger partial charge in [-0.2, -0.15) is 4.98 Å². The average Bonchev–Trinajstić information content (AvgIpc) is 2.97. The van der Waals surface area contributed by atoms with Crippen LogP contribution in [0.1, 0.15) is 1.37 Å². The number of H-pyrrole nitrogens is 1. The lowest BCUT2D eigenvalue weighted by Gasteiger charge is -2.29. The van der Waals surface area contributed by atoms with E-state index < -0.39 is 0 Å². The molecule has 1 aromatic carbocycles. The maximum atomic E-state index is 8.01. The standard InChI is InChI=1S/C16H16ClN5O/c17-14-10-18-15-13(14)9-19-16(21-15)20-11-2-1-3-12(8-11)22-4-6-23-7-5-22/h1-3,8-10H,4-7H2,(H2,18,19,20,21)/i9D. The van der Waals surface area contributed by atoms with Crippen LogP contribution in [0, 0.1) is 0 Å². The molecule has 118 valence electrons. The molecule has 0 spiro atoms. The zero-order chi connectivity index (χ0) is 16.5. The van der Waals surface area contributed by atoms with Crippen molar-refractivity contribution in [2.45, 2.75) is 0 Å². The molecule has 3 aromatic rings. The molecule has 0 radical (unpaired) electrons. The van der Waals surface area contributed by atoms with Gasteiger partial charge in [-0.15, -0.1) is 0 Å². The molecule has 2 aromatic heterocycles. The second-order valence-corrected chi connectivity index (χ2v) is 5.70. The van der Waals surface area contributed by atoms with E-state index in [9.17, 15) is 0 Å². The quantitative estimate of drug-likeness (QED) is 0.772. The Kier molecular flexibility index (Phi) is 3.47. The zero-order valence-electron chi connectivity index (χ0n) is 13.3. The molecular formula is C16H16ClN5O. The number of anilines is 3. The number of benzene rings is 1. The van der Waals surface area contributed by atoms with Crippen molar-refractivity contribution in [2.24, 2.45) is 0 Å². The fraction of sp³-hybridized carbons (Fsp3) is 0.250. The summed E-state index contributed by atoms with van der Waals surface area (Å²) in [6, 6.07) is 8.05. The minimum absolute atomic E-state index is 0.0954. The van der Waals surface area contributed by atoms with Crippen molar-refractivity contribution >= 4 is 40.0 Å². The first-order valence-electron chi connectivity index (χ1n) is 7.92. The van der Waals surface area contributed by atoms with E-state index in [0.29, 0.717) is 22.0 Å². The molecule has 0 saturated carbocycles. The first-order chi connectivity index (χ1) is 11.7. The Bertz CT molecular complexity index is 878. The number of fused-ring (bicyclic) bond motifs is 1. The number of halogens is 1. The molecule has 23 heavy (non-hydrogen) atoms. The lowest BCUT2D eigenvalue weighted by molar-refractivity contribution is 0.122. The molecule has 2 N–H and O–H groups in total. The summed E-state index contributed by atoms with van der Waals surface area (Å²) in [6.45, 7) is 3.24. The second-order valence-electron chi connectivity index (χ2n) is 5.29. The molecule has 4 rings (SSSR count). The lowest BCUT2D eigenvalue weighted by Crippen LogP contribution is -2.36. The van der Waals surface area contributed by atoms with Crippen LogP contribution in [0.15, 0.2) is 36.6 Å². The molecule has 0 amide bonds. The summed E-state index contributed by atoms with van der Waals surface area (Å²) in [5.41, 5.74) is 2.54. The number of nitrogens with zero attached hydrogens (tertiary/aromatic N) is 3. The Labute approximate surface area is 139 Å². The number of morpholine rings is 1. The number of rotatable bonds is 3. The fourth-order valence-corrected chi connectivity index (χ4v) is 2.80. The van der Waals surface area contributed by atoms with Gasteiger partial charge < -0.3 is 19.9 Å². The summed E-state index contributed by atoms with van der Waals surface area (Å²) in [6.07, 6.45) is 1.71. The Hall–Kier alpha value is -2.31. The van der Waals surface area contributed by atoms with E-state index in [2.05, 4.69) is 31.2 Å². The predicted octanol–water partition coefficient (Wildman–Crippen LogP) is 3.19. The van der Waals surface area contributed by atoms with E-state index in [1.807, 2.05) is 18.2 Å². The van der Waals surface area contributed by atoms with E-state index >= 15 is 0 Å². The van der Waals surface area contributed by atoms with Crippen molar-refractivity contribution in [3.05, 3.63) is 41.7 Å². The van der Waals surface area contributed by atoms with Crippen molar-refractivity contribution in [3.8, 4) is 0 Å². The molecule has 6 nitrogen and oxygen atoms in total. The van der Waals surface area contributed by atoms with Crippen molar-refractivity contribution in [3.63, 3.8) is 0 Å². The maximum Gasteiger partial charge on any atom is 0.229 e. The van der Waals surface area contributed by atoms with Gasteiger partial charge in [-0.1, -0.05) is 17.7 Å². The fourth-order valence-electron chi connectivity index (χ4n) is 2.61. The van der Waals surface area contributed by atoms with Crippen molar-refractivity contribution in [1.82, 2.24) is 15.0 Å². The number of hydrogen-bond donors (Lipinski definition) is 2. The summed E-state index contributed by atoms with van der Waals surface area (Å²) in [5.74, 6) is 0.366. The molecule has 1 saturated heterocycles. The highest BCUT2D eigenvalue weighted by atomic mass is 35.5. The first-order valence-corrected chi connectivity index (χ1v) is 7.79. The van der Waals surface area contributed by atoms with Crippen molar-refractivity contribution in [1.29, 1.82) is 0 Å². The molecule has 0 unspecified atom stereocenters. The van der Waals surface area contributed by atoms with Gasteiger partial charge in [0.05, 0.1) is 25.0 Å². The van der Waals surface area contributed by atoms with E-state index in [0.717, 1.165) is 37.7 Å². The third-order valence-electron chi connectivity index (χ3n) is 3.78. The normalized spacial score (nSPS) is 15.7. The predicted molar refractivity (Wildman–Crippen MR) is 91.7 cm³/mol. The molecule has 1 aliphatic rings. The van der Waals surface area contributed by atoms with Gasteiger partial charge in [0.1, 0.15) is 5.65 Å². The van der Waals surface area contributed by atoms with Gasteiger partial charge in [0, 0.05) is 36.8 Å². The van der Waals surface area contributed by atoms with E-state index in [-0.39, 0.29) is 6.17 Å². The smallest absolute Gasteiger partial charge is 0.229 e.